The molecule has 154 valence electrons. The molecule has 6 heteroatoms. The van der Waals surface area contributed by atoms with Gasteiger partial charge in [-0.3, -0.25) is 14.2 Å². The Kier molecular flexibility index (Phi) is 6.33. The zero-order valence-electron chi connectivity index (χ0n) is 16.8. The number of amides is 1. The minimum atomic E-state index is -0.612. The van der Waals surface area contributed by atoms with Crippen LogP contribution in [-0.4, -0.2) is 15.5 Å². The quantitative estimate of drug-likeness (QED) is 0.345. The Bertz CT molecular complexity index is 1140. The third-order valence-electron chi connectivity index (χ3n) is 5.45. The maximum absolute atomic E-state index is 13.3. The number of carbonyl (C=O) groups is 1. The minimum Gasteiger partial charge on any atom is -0.368 e. The zero-order chi connectivity index (χ0) is 20.9. The van der Waals surface area contributed by atoms with E-state index in [4.69, 9.17) is 10.7 Å². The van der Waals surface area contributed by atoms with Crippen molar-refractivity contribution in [1.82, 2.24) is 9.55 Å². The first-order valence-electron chi connectivity index (χ1n) is 10.3. The highest BCUT2D eigenvalue weighted by atomic mass is 32.2. The lowest BCUT2D eigenvalue weighted by molar-refractivity contribution is -0.117. The van der Waals surface area contributed by atoms with Crippen molar-refractivity contribution in [3.63, 3.8) is 0 Å². The largest absolute Gasteiger partial charge is 0.368 e. The van der Waals surface area contributed by atoms with Crippen molar-refractivity contribution in [3.05, 3.63) is 82.2 Å². The van der Waals surface area contributed by atoms with Crippen LogP contribution in [0.2, 0.25) is 0 Å². The number of benzene rings is 2. The maximum Gasteiger partial charge on any atom is 0.262 e. The molecule has 0 saturated heterocycles. The molecule has 5 nitrogen and oxygen atoms in total. The number of nitrogens with two attached hydrogens (primary N) is 1. The fourth-order valence-electron chi connectivity index (χ4n) is 3.85. The van der Waals surface area contributed by atoms with Crippen molar-refractivity contribution in [1.29, 1.82) is 0 Å². The molecule has 2 aromatic carbocycles. The molecule has 0 bridgehead atoms. The average Bonchev–Trinajstić information content (AvgIpc) is 2.78. The first kappa shape index (κ1) is 20.4. The number of carbonyl (C=O) groups excluding carboxylic acids is 1. The second-order valence-electron chi connectivity index (χ2n) is 7.54. The molecule has 1 unspecified atom stereocenters. The number of allylic oxidation sites excluding steroid dienone is 2. The summed E-state index contributed by atoms with van der Waals surface area (Å²) in [5, 5.41) is 0.511. The summed E-state index contributed by atoms with van der Waals surface area (Å²) >= 11 is 1.25. The number of fused-ring (bicyclic) bond motifs is 1. The third-order valence-corrected chi connectivity index (χ3v) is 6.71. The van der Waals surface area contributed by atoms with Crippen molar-refractivity contribution >= 4 is 28.6 Å². The average molecular weight is 420 g/mol. The summed E-state index contributed by atoms with van der Waals surface area (Å²) in [5.41, 5.74) is 8.48. The van der Waals surface area contributed by atoms with Gasteiger partial charge >= 0.3 is 0 Å². The number of nitrogens with zero attached hydrogens (tertiary/aromatic N) is 2. The smallest absolute Gasteiger partial charge is 0.262 e. The highest BCUT2D eigenvalue weighted by Crippen LogP contribution is 2.34. The van der Waals surface area contributed by atoms with Crippen LogP contribution in [0.15, 0.2) is 76.2 Å². The summed E-state index contributed by atoms with van der Waals surface area (Å²) in [7, 11) is 0. The van der Waals surface area contributed by atoms with Crippen molar-refractivity contribution in [2.24, 2.45) is 5.73 Å². The van der Waals surface area contributed by atoms with Gasteiger partial charge in [0.05, 0.1) is 10.9 Å². The van der Waals surface area contributed by atoms with E-state index in [1.54, 1.807) is 10.6 Å². The van der Waals surface area contributed by atoms with Crippen LogP contribution in [0.4, 0.5) is 0 Å². The lowest BCUT2D eigenvalue weighted by Crippen LogP contribution is -2.26. The van der Waals surface area contributed by atoms with Crippen molar-refractivity contribution in [2.45, 2.75) is 49.1 Å². The molecule has 1 aliphatic rings. The fraction of sp³-hybridized carbons (Fsp3) is 0.292. The van der Waals surface area contributed by atoms with Gasteiger partial charge in [0, 0.05) is 6.54 Å². The number of aromatic nitrogens is 2. The van der Waals surface area contributed by atoms with Gasteiger partial charge in [-0.25, -0.2) is 4.98 Å². The molecule has 2 N–H and O–H groups in total. The second kappa shape index (κ2) is 9.30. The van der Waals surface area contributed by atoms with E-state index in [0.29, 0.717) is 22.6 Å². The van der Waals surface area contributed by atoms with Gasteiger partial charge in [0.25, 0.3) is 5.56 Å². The molecule has 0 radical (unpaired) electrons. The van der Waals surface area contributed by atoms with Crippen LogP contribution in [0.1, 0.15) is 42.9 Å². The predicted molar refractivity (Wildman–Crippen MR) is 121 cm³/mol. The minimum absolute atomic E-state index is 0.0733. The Balaban J connectivity index is 1.73. The van der Waals surface area contributed by atoms with Gasteiger partial charge in [0.2, 0.25) is 5.91 Å². The molecular formula is C24H25N3O2S. The van der Waals surface area contributed by atoms with E-state index in [9.17, 15) is 9.59 Å². The monoisotopic (exact) mass is 419 g/mol. The van der Waals surface area contributed by atoms with E-state index in [1.807, 2.05) is 48.5 Å². The molecule has 1 aromatic heterocycles. The number of thioether (sulfide) groups is 1. The van der Waals surface area contributed by atoms with Gasteiger partial charge in [-0.1, -0.05) is 65.9 Å². The summed E-state index contributed by atoms with van der Waals surface area (Å²) in [5.74, 6) is -0.449. The Morgan fingerprint density at radius 3 is 2.60 bits per heavy atom. The Labute approximate surface area is 180 Å². The van der Waals surface area contributed by atoms with Crippen molar-refractivity contribution in [2.75, 3.05) is 0 Å². The molecule has 3 aromatic rings. The van der Waals surface area contributed by atoms with Crippen LogP contribution in [0, 0.1) is 0 Å². The second-order valence-corrected chi connectivity index (χ2v) is 8.61. The van der Waals surface area contributed by atoms with E-state index in [0.717, 1.165) is 24.8 Å². The Morgan fingerprint density at radius 1 is 1.10 bits per heavy atom. The highest BCUT2D eigenvalue weighted by molar-refractivity contribution is 8.00. The maximum atomic E-state index is 13.3. The molecule has 4 rings (SSSR count). The number of primary amides is 1. The van der Waals surface area contributed by atoms with Gasteiger partial charge < -0.3 is 5.73 Å². The molecule has 1 amide bonds. The normalized spacial score (nSPS) is 15.0. The van der Waals surface area contributed by atoms with E-state index in [2.05, 4.69) is 6.08 Å². The molecule has 30 heavy (non-hydrogen) atoms. The molecule has 0 spiro atoms. The first-order chi connectivity index (χ1) is 14.6. The molecular weight excluding hydrogens is 394 g/mol. The van der Waals surface area contributed by atoms with Crippen LogP contribution in [-0.2, 0) is 11.3 Å². The third kappa shape index (κ3) is 4.49. The number of hydrogen-bond donors (Lipinski definition) is 1. The van der Waals surface area contributed by atoms with Crippen molar-refractivity contribution < 1.29 is 4.79 Å². The highest BCUT2D eigenvalue weighted by Gasteiger charge is 2.23. The van der Waals surface area contributed by atoms with Crippen molar-refractivity contribution in [3.8, 4) is 0 Å². The van der Waals surface area contributed by atoms with Crippen LogP contribution >= 0.6 is 11.8 Å². The summed E-state index contributed by atoms with van der Waals surface area (Å²) in [6.07, 6.45) is 7.76. The molecule has 0 saturated carbocycles. The van der Waals surface area contributed by atoms with E-state index >= 15 is 0 Å². The zero-order valence-corrected chi connectivity index (χ0v) is 17.6. The first-order valence-corrected chi connectivity index (χ1v) is 11.2. The standard InChI is InChI=1S/C24H25N3O2S/c25-22(28)21(18-11-5-2-6-12-18)30-24-26-20-14-8-7-13-19(20)23(29)27(24)16-15-17-9-3-1-4-10-17/h2,5-9,11-14,21H,1,3-4,10,15-16H2,(H2,25,28). The number of rotatable bonds is 7. The lowest BCUT2D eigenvalue weighted by atomic mass is 9.97. The number of para-hydroxylation sites is 1. The molecule has 1 aliphatic carbocycles. The summed E-state index contributed by atoms with van der Waals surface area (Å²) < 4.78 is 1.71. The fourth-order valence-corrected chi connectivity index (χ4v) is 4.92. The van der Waals surface area contributed by atoms with E-state index < -0.39 is 11.2 Å². The molecule has 0 aliphatic heterocycles. The Morgan fingerprint density at radius 2 is 1.87 bits per heavy atom. The topological polar surface area (TPSA) is 78.0 Å². The summed E-state index contributed by atoms with van der Waals surface area (Å²) in [6.45, 7) is 0.547. The lowest BCUT2D eigenvalue weighted by Gasteiger charge is -2.19. The predicted octanol–water partition coefficient (Wildman–Crippen LogP) is 4.61. The summed E-state index contributed by atoms with van der Waals surface area (Å²) in [6, 6.07) is 16.7. The van der Waals surface area contributed by atoms with Crippen LogP contribution in [0.3, 0.4) is 0 Å². The molecule has 0 fully saturated rings. The molecule has 1 heterocycles. The van der Waals surface area contributed by atoms with Gasteiger partial charge in [-0.15, -0.1) is 0 Å². The van der Waals surface area contributed by atoms with Crippen LogP contribution in [0.5, 0.6) is 0 Å². The van der Waals surface area contributed by atoms with Crippen LogP contribution in [0.25, 0.3) is 10.9 Å². The van der Waals surface area contributed by atoms with E-state index in [-0.39, 0.29) is 5.56 Å². The number of hydrogen-bond acceptors (Lipinski definition) is 4. The SMILES string of the molecule is NC(=O)C(Sc1nc2ccccc2c(=O)n1CCC1=CCCCC1)c1ccccc1. The van der Waals surface area contributed by atoms with Gasteiger partial charge in [-0.05, 0) is 49.8 Å². The van der Waals surface area contributed by atoms with Gasteiger partial charge in [-0.2, -0.15) is 0 Å². The van der Waals surface area contributed by atoms with E-state index in [1.165, 1.54) is 30.2 Å². The van der Waals surface area contributed by atoms with Gasteiger partial charge in [0.1, 0.15) is 5.25 Å². The summed E-state index contributed by atoms with van der Waals surface area (Å²) in [4.78, 5) is 30.3. The van der Waals surface area contributed by atoms with Crippen LogP contribution < -0.4 is 11.3 Å². The molecule has 1 atom stereocenters. The van der Waals surface area contributed by atoms with Gasteiger partial charge in [0.15, 0.2) is 5.16 Å². The Hall–Kier alpha value is -2.86.